The lowest BCUT2D eigenvalue weighted by Crippen LogP contribution is -3.09. The van der Waals surface area contributed by atoms with Gasteiger partial charge in [-0.1, -0.05) is 18.2 Å². The van der Waals surface area contributed by atoms with Gasteiger partial charge in [-0.25, -0.2) is 9.37 Å². The second kappa shape index (κ2) is 7.78. The van der Waals surface area contributed by atoms with Crippen LogP contribution in [0.25, 0.3) is 22.2 Å². The van der Waals surface area contributed by atoms with Gasteiger partial charge < -0.3 is 10.3 Å². The minimum absolute atomic E-state index is 0.228. The van der Waals surface area contributed by atoms with Crippen LogP contribution in [0.3, 0.4) is 0 Å². The standard InChI is InChI=1S/C22H21FN4O/c1-27-12-10-17(11-13-27)25-26-22(28)19-14-21(15-6-8-16(23)9-7-15)24-20-5-3-2-4-18(19)20/h2-10,14,25H,11-13H2,1H3,(H,26,28)/p+1. The van der Waals surface area contributed by atoms with Crippen molar-refractivity contribution in [3.05, 3.63) is 77.8 Å². The molecule has 2 aromatic carbocycles. The van der Waals surface area contributed by atoms with Gasteiger partial charge in [-0.15, -0.1) is 0 Å². The number of hydrogen-bond donors (Lipinski definition) is 3. The van der Waals surface area contributed by atoms with Crippen molar-refractivity contribution < 1.29 is 14.1 Å². The lowest BCUT2D eigenvalue weighted by atomic mass is 10.0. The number of nitrogens with one attached hydrogen (secondary N) is 3. The van der Waals surface area contributed by atoms with Gasteiger partial charge in [-0.2, -0.15) is 0 Å². The normalized spacial score (nSPS) is 16.5. The maximum absolute atomic E-state index is 13.3. The zero-order chi connectivity index (χ0) is 19.5. The maximum atomic E-state index is 13.3. The van der Waals surface area contributed by atoms with Crippen molar-refractivity contribution in [3.63, 3.8) is 0 Å². The second-order valence-corrected chi connectivity index (χ2v) is 7.05. The highest BCUT2D eigenvalue weighted by Gasteiger charge is 2.15. The molecule has 0 fully saturated rings. The number of hydrogen-bond acceptors (Lipinski definition) is 3. The summed E-state index contributed by atoms with van der Waals surface area (Å²) in [7, 11) is 2.14. The van der Waals surface area contributed by atoms with E-state index < -0.39 is 0 Å². The van der Waals surface area contributed by atoms with Crippen molar-refractivity contribution in [2.45, 2.75) is 6.42 Å². The summed E-state index contributed by atoms with van der Waals surface area (Å²) in [5.74, 6) is -0.533. The third kappa shape index (κ3) is 3.87. The van der Waals surface area contributed by atoms with E-state index in [-0.39, 0.29) is 11.7 Å². The van der Waals surface area contributed by atoms with Gasteiger partial charge in [0.05, 0.1) is 36.9 Å². The SMILES string of the molecule is C[NH+]1CC=C(NNC(=O)c2cc(-c3ccc(F)cc3)nc3ccccc23)CC1. The van der Waals surface area contributed by atoms with E-state index in [0.717, 1.165) is 41.7 Å². The van der Waals surface area contributed by atoms with Gasteiger partial charge >= 0.3 is 0 Å². The molecule has 1 aliphatic heterocycles. The molecule has 5 nitrogen and oxygen atoms in total. The van der Waals surface area contributed by atoms with Gasteiger partial charge in [0, 0.05) is 23.1 Å². The molecule has 1 unspecified atom stereocenters. The number of para-hydroxylation sites is 1. The van der Waals surface area contributed by atoms with E-state index in [4.69, 9.17) is 0 Å². The number of likely N-dealkylation sites (N-methyl/N-ethyl adjacent to an activating group) is 1. The summed E-state index contributed by atoms with van der Waals surface area (Å²) in [5.41, 5.74) is 9.52. The molecule has 6 heteroatoms. The van der Waals surface area contributed by atoms with Crippen molar-refractivity contribution in [2.24, 2.45) is 0 Å². The molecule has 142 valence electrons. The average Bonchev–Trinajstić information content (AvgIpc) is 2.73. The van der Waals surface area contributed by atoms with E-state index in [1.54, 1.807) is 18.2 Å². The van der Waals surface area contributed by atoms with Gasteiger partial charge in [-0.3, -0.25) is 10.2 Å². The quantitative estimate of drug-likeness (QED) is 0.610. The van der Waals surface area contributed by atoms with E-state index in [0.29, 0.717) is 11.3 Å². The van der Waals surface area contributed by atoms with Crippen LogP contribution in [-0.2, 0) is 0 Å². The Morgan fingerprint density at radius 3 is 2.68 bits per heavy atom. The Balaban J connectivity index is 1.65. The number of hydrazine groups is 1. The highest BCUT2D eigenvalue weighted by molar-refractivity contribution is 6.07. The van der Waals surface area contributed by atoms with Crippen LogP contribution in [0, 0.1) is 5.82 Å². The maximum Gasteiger partial charge on any atom is 0.270 e. The summed E-state index contributed by atoms with van der Waals surface area (Å²) in [6.07, 6.45) is 3.00. The van der Waals surface area contributed by atoms with Gasteiger partial charge in [0.2, 0.25) is 0 Å². The highest BCUT2D eigenvalue weighted by atomic mass is 19.1. The second-order valence-electron chi connectivity index (χ2n) is 7.05. The number of carbonyl (C=O) groups excluding carboxylic acids is 1. The predicted molar refractivity (Wildman–Crippen MR) is 107 cm³/mol. The summed E-state index contributed by atoms with van der Waals surface area (Å²) in [6, 6.07) is 15.4. The molecule has 0 aliphatic carbocycles. The van der Waals surface area contributed by atoms with E-state index >= 15 is 0 Å². The number of benzene rings is 2. The molecule has 1 atom stereocenters. The molecule has 4 rings (SSSR count). The minimum Gasteiger partial charge on any atom is -0.334 e. The first-order chi connectivity index (χ1) is 13.6. The molecule has 0 radical (unpaired) electrons. The Morgan fingerprint density at radius 2 is 1.93 bits per heavy atom. The van der Waals surface area contributed by atoms with Crippen molar-refractivity contribution in [1.82, 2.24) is 15.8 Å². The number of fused-ring (bicyclic) bond motifs is 1. The van der Waals surface area contributed by atoms with Gasteiger partial charge in [0.25, 0.3) is 5.91 Å². The van der Waals surface area contributed by atoms with Gasteiger partial charge in [0.15, 0.2) is 0 Å². The zero-order valence-electron chi connectivity index (χ0n) is 15.6. The van der Waals surface area contributed by atoms with Crippen molar-refractivity contribution >= 4 is 16.8 Å². The van der Waals surface area contributed by atoms with Crippen LogP contribution < -0.4 is 15.8 Å². The number of aromatic nitrogens is 1. The summed E-state index contributed by atoms with van der Waals surface area (Å²) in [5, 5.41) is 0.773. The molecule has 0 saturated carbocycles. The smallest absolute Gasteiger partial charge is 0.270 e. The number of quaternary nitrogens is 1. The van der Waals surface area contributed by atoms with Crippen LogP contribution in [0.4, 0.5) is 4.39 Å². The highest BCUT2D eigenvalue weighted by Crippen LogP contribution is 2.25. The molecule has 28 heavy (non-hydrogen) atoms. The molecular formula is C22H22FN4O+. The predicted octanol–water partition coefficient (Wildman–Crippen LogP) is 2.08. The Labute approximate surface area is 162 Å². The number of rotatable bonds is 4. The summed E-state index contributed by atoms with van der Waals surface area (Å²) >= 11 is 0. The van der Waals surface area contributed by atoms with Gasteiger partial charge in [0.1, 0.15) is 5.82 Å². The first-order valence-electron chi connectivity index (χ1n) is 9.32. The molecular weight excluding hydrogens is 355 g/mol. The van der Waals surface area contributed by atoms with Gasteiger partial charge in [-0.05, 0) is 42.5 Å². The Kier molecular flexibility index (Phi) is 5.04. The Bertz CT molecular complexity index is 1050. The Morgan fingerprint density at radius 1 is 1.14 bits per heavy atom. The lowest BCUT2D eigenvalue weighted by molar-refractivity contribution is -0.875. The van der Waals surface area contributed by atoms with Crippen molar-refractivity contribution in [2.75, 3.05) is 20.1 Å². The average molecular weight is 377 g/mol. The third-order valence-corrected chi connectivity index (χ3v) is 4.96. The van der Waals surface area contributed by atoms with E-state index in [2.05, 4.69) is 29.0 Å². The number of amides is 1. The number of carbonyl (C=O) groups is 1. The molecule has 0 spiro atoms. The summed E-state index contributed by atoms with van der Waals surface area (Å²) in [4.78, 5) is 19.0. The molecule has 2 heterocycles. The van der Waals surface area contributed by atoms with Crippen LogP contribution in [0.1, 0.15) is 16.8 Å². The van der Waals surface area contributed by atoms with Crippen LogP contribution in [0.2, 0.25) is 0 Å². The fourth-order valence-electron chi connectivity index (χ4n) is 3.30. The first-order valence-corrected chi connectivity index (χ1v) is 9.32. The van der Waals surface area contributed by atoms with Crippen LogP contribution in [0.15, 0.2) is 66.4 Å². The largest absolute Gasteiger partial charge is 0.334 e. The number of nitrogens with zero attached hydrogens (tertiary/aromatic N) is 1. The monoisotopic (exact) mass is 377 g/mol. The molecule has 0 bridgehead atoms. The minimum atomic E-state index is -0.306. The van der Waals surface area contributed by atoms with E-state index in [1.165, 1.54) is 17.0 Å². The van der Waals surface area contributed by atoms with Crippen molar-refractivity contribution in [3.8, 4) is 11.3 Å². The fraction of sp³-hybridized carbons (Fsp3) is 0.182. The van der Waals surface area contributed by atoms with Crippen LogP contribution >= 0.6 is 0 Å². The number of pyridine rings is 1. The molecule has 0 saturated heterocycles. The lowest BCUT2D eigenvalue weighted by Gasteiger charge is -2.20. The summed E-state index contributed by atoms with van der Waals surface area (Å²) in [6.45, 7) is 1.96. The number of halogens is 1. The molecule has 3 aromatic rings. The Hall–Kier alpha value is -3.25. The van der Waals surface area contributed by atoms with Crippen molar-refractivity contribution in [1.29, 1.82) is 0 Å². The molecule has 1 amide bonds. The van der Waals surface area contributed by atoms with Crippen LogP contribution in [-0.4, -0.2) is 31.0 Å². The molecule has 3 N–H and O–H groups in total. The zero-order valence-corrected chi connectivity index (χ0v) is 15.6. The topological polar surface area (TPSA) is 58.5 Å². The van der Waals surface area contributed by atoms with Crippen LogP contribution in [0.5, 0.6) is 0 Å². The fourth-order valence-corrected chi connectivity index (χ4v) is 3.30. The molecule has 1 aliphatic rings. The van der Waals surface area contributed by atoms with E-state index in [9.17, 15) is 9.18 Å². The first kappa shape index (κ1) is 18.1. The molecule has 1 aromatic heterocycles. The summed E-state index contributed by atoms with van der Waals surface area (Å²) < 4.78 is 13.3. The third-order valence-electron chi connectivity index (χ3n) is 4.96. The van der Waals surface area contributed by atoms with E-state index in [1.807, 2.05) is 24.3 Å².